The molecule has 7 nitrogen and oxygen atoms in total. The molecule has 23 heavy (non-hydrogen) atoms. The molecule has 1 saturated carbocycles. The molecule has 0 spiro atoms. The molecule has 0 bridgehead atoms. The van der Waals surface area contributed by atoms with Gasteiger partial charge in [-0.05, 0) is 31.9 Å². The third kappa shape index (κ3) is 3.61. The molecular weight excluding hydrogens is 292 g/mol. The molecule has 1 aliphatic rings. The molecule has 2 aromatic rings. The van der Waals surface area contributed by atoms with Gasteiger partial charge in [-0.15, -0.1) is 5.10 Å². The van der Waals surface area contributed by atoms with Crippen LogP contribution in [-0.2, 0) is 0 Å². The zero-order chi connectivity index (χ0) is 16.4. The van der Waals surface area contributed by atoms with Gasteiger partial charge in [-0.1, -0.05) is 6.07 Å². The molecule has 3 atom stereocenters. The maximum atomic E-state index is 10.3. The number of nitrogens with one attached hydrogen (secondary N) is 2. The summed E-state index contributed by atoms with van der Waals surface area (Å²) in [6.07, 6.45) is 1.28. The van der Waals surface area contributed by atoms with Gasteiger partial charge in [-0.2, -0.15) is 4.98 Å². The number of nitrogens with zero attached hydrogens (tertiary/aromatic N) is 4. The van der Waals surface area contributed by atoms with Crippen molar-refractivity contribution in [2.24, 2.45) is 5.92 Å². The van der Waals surface area contributed by atoms with Gasteiger partial charge in [0, 0.05) is 38.2 Å². The first-order valence-electron chi connectivity index (χ1n) is 7.98. The highest BCUT2D eigenvalue weighted by atomic mass is 16.3. The lowest BCUT2D eigenvalue weighted by atomic mass is 10.0. The van der Waals surface area contributed by atoms with Crippen molar-refractivity contribution < 1.29 is 5.11 Å². The lowest BCUT2D eigenvalue weighted by Crippen LogP contribution is -2.22. The van der Waals surface area contributed by atoms with Gasteiger partial charge >= 0.3 is 0 Å². The molecular formula is C16H24N6O. The highest BCUT2D eigenvalue weighted by Gasteiger charge is 2.35. The normalized spacial score (nSPS) is 23.9. The van der Waals surface area contributed by atoms with Crippen molar-refractivity contribution in [2.45, 2.75) is 31.8 Å². The van der Waals surface area contributed by atoms with Crippen LogP contribution in [0.2, 0.25) is 0 Å². The van der Waals surface area contributed by atoms with Crippen LogP contribution in [0.4, 0.5) is 11.8 Å². The Labute approximate surface area is 136 Å². The Kier molecular flexibility index (Phi) is 4.47. The summed E-state index contributed by atoms with van der Waals surface area (Å²) in [7, 11) is 3.83. The van der Waals surface area contributed by atoms with Gasteiger partial charge in [0.1, 0.15) is 11.6 Å². The Morgan fingerprint density at radius 1 is 1.30 bits per heavy atom. The second-order valence-electron chi connectivity index (χ2n) is 6.46. The second-order valence-corrected chi connectivity index (χ2v) is 6.46. The smallest absolute Gasteiger partial charge is 0.244 e. The summed E-state index contributed by atoms with van der Waals surface area (Å²) < 4.78 is 0. The van der Waals surface area contributed by atoms with Crippen molar-refractivity contribution in [2.75, 3.05) is 30.9 Å². The van der Waals surface area contributed by atoms with Crippen molar-refractivity contribution in [1.82, 2.24) is 20.2 Å². The van der Waals surface area contributed by atoms with Crippen LogP contribution >= 0.6 is 0 Å². The zero-order valence-electron chi connectivity index (χ0n) is 13.8. The van der Waals surface area contributed by atoms with Crippen molar-refractivity contribution >= 4 is 11.8 Å². The van der Waals surface area contributed by atoms with Crippen LogP contribution in [0.1, 0.15) is 30.3 Å². The standard InChI is InChI=1S/C16H24N6O/c1-10-5-4-6-14(18-10)17-9-12-7-11(8-13(12)23)15-19-16(21-20-15)22(2)3/h4-6,11-13,23H,7-9H2,1-3H3,(H,17,18)(H,19,20,21)/t11-,12+,13+/m0/s1. The van der Waals surface area contributed by atoms with E-state index in [1.54, 1.807) is 0 Å². The van der Waals surface area contributed by atoms with Gasteiger partial charge in [0.05, 0.1) is 6.10 Å². The van der Waals surface area contributed by atoms with E-state index in [-0.39, 0.29) is 17.9 Å². The second kappa shape index (κ2) is 6.54. The van der Waals surface area contributed by atoms with E-state index < -0.39 is 0 Å². The topological polar surface area (TPSA) is 90.0 Å². The average molecular weight is 316 g/mol. The molecule has 0 amide bonds. The highest BCUT2D eigenvalue weighted by molar-refractivity contribution is 5.35. The van der Waals surface area contributed by atoms with Gasteiger partial charge < -0.3 is 15.3 Å². The molecule has 7 heteroatoms. The molecule has 2 heterocycles. The fraction of sp³-hybridized carbons (Fsp3) is 0.562. The molecule has 3 rings (SSSR count). The van der Waals surface area contributed by atoms with Crippen molar-refractivity contribution in [3.63, 3.8) is 0 Å². The number of rotatable bonds is 5. The summed E-state index contributed by atoms with van der Waals surface area (Å²) in [5.74, 6) is 2.82. The zero-order valence-corrected chi connectivity index (χ0v) is 13.8. The summed E-state index contributed by atoms with van der Waals surface area (Å²) >= 11 is 0. The average Bonchev–Trinajstić information content (AvgIpc) is 3.12. The first-order chi connectivity index (χ1) is 11.0. The number of H-pyrrole nitrogens is 1. The van der Waals surface area contributed by atoms with Crippen molar-refractivity contribution in [3.05, 3.63) is 29.7 Å². The minimum atomic E-state index is -0.329. The van der Waals surface area contributed by atoms with E-state index in [4.69, 9.17) is 0 Å². The lowest BCUT2D eigenvalue weighted by molar-refractivity contribution is 0.137. The number of hydrogen-bond donors (Lipinski definition) is 3. The van der Waals surface area contributed by atoms with Gasteiger partial charge in [0.25, 0.3) is 0 Å². The van der Waals surface area contributed by atoms with E-state index in [0.717, 1.165) is 30.2 Å². The van der Waals surface area contributed by atoms with E-state index >= 15 is 0 Å². The van der Waals surface area contributed by atoms with Crippen LogP contribution in [0.3, 0.4) is 0 Å². The van der Waals surface area contributed by atoms with E-state index in [9.17, 15) is 5.11 Å². The Morgan fingerprint density at radius 2 is 2.13 bits per heavy atom. The maximum Gasteiger partial charge on any atom is 0.244 e. The summed E-state index contributed by atoms with van der Waals surface area (Å²) in [4.78, 5) is 10.8. The lowest BCUT2D eigenvalue weighted by Gasteiger charge is -2.15. The Hall–Kier alpha value is -2.15. The molecule has 1 aliphatic carbocycles. The SMILES string of the molecule is Cc1cccc(NC[C@H]2C[C@H](c3nc(N(C)C)n[nH]3)C[C@H]2O)n1. The Balaban J connectivity index is 1.59. The van der Waals surface area contributed by atoms with E-state index in [1.807, 2.05) is 44.1 Å². The first-order valence-corrected chi connectivity index (χ1v) is 7.98. The Morgan fingerprint density at radius 3 is 2.83 bits per heavy atom. The van der Waals surface area contributed by atoms with E-state index in [0.29, 0.717) is 12.5 Å². The van der Waals surface area contributed by atoms with Crippen LogP contribution < -0.4 is 10.2 Å². The summed E-state index contributed by atoms with van der Waals surface area (Å²) in [5, 5.41) is 20.9. The van der Waals surface area contributed by atoms with Crippen LogP contribution in [0.15, 0.2) is 18.2 Å². The predicted molar refractivity (Wildman–Crippen MR) is 89.6 cm³/mol. The first kappa shape index (κ1) is 15.7. The molecule has 0 radical (unpaired) electrons. The Bertz CT molecular complexity index is 656. The third-order valence-corrected chi connectivity index (χ3v) is 4.37. The number of aromatic amines is 1. The number of aryl methyl sites for hydroxylation is 1. The minimum absolute atomic E-state index is 0.190. The summed E-state index contributed by atoms with van der Waals surface area (Å²) in [5.41, 5.74) is 0.984. The third-order valence-electron chi connectivity index (χ3n) is 4.37. The largest absolute Gasteiger partial charge is 0.393 e. The molecule has 3 N–H and O–H groups in total. The molecule has 0 aliphatic heterocycles. The van der Waals surface area contributed by atoms with Gasteiger partial charge in [0.15, 0.2) is 0 Å². The summed E-state index contributed by atoms with van der Waals surface area (Å²) in [6, 6.07) is 5.90. The van der Waals surface area contributed by atoms with Crippen LogP contribution in [0.25, 0.3) is 0 Å². The molecule has 0 saturated heterocycles. The fourth-order valence-corrected chi connectivity index (χ4v) is 3.07. The number of anilines is 2. The number of aliphatic hydroxyl groups excluding tert-OH is 1. The molecule has 1 fully saturated rings. The number of hydrogen-bond acceptors (Lipinski definition) is 6. The van der Waals surface area contributed by atoms with Crippen LogP contribution in [-0.4, -0.2) is 52.0 Å². The predicted octanol–water partition coefficient (Wildman–Crippen LogP) is 1.54. The van der Waals surface area contributed by atoms with E-state index in [1.165, 1.54) is 0 Å². The van der Waals surface area contributed by atoms with E-state index in [2.05, 4.69) is 25.5 Å². The summed E-state index contributed by atoms with van der Waals surface area (Å²) in [6.45, 7) is 2.68. The van der Waals surface area contributed by atoms with Crippen molar-refractivity contribution in [1.29, 1.82) is 0 Å². The molecule has 0 unspecified atom stereocenters. The van der Waals surface area contributed by atoms with Crippen LogP contribution in [0.5, 0.6) is 0 Å². The van der Waals surface area contributed by atoms with Gasteiger partial charge in [-0.3, -0.25) is 5.10 Å². The minimum Gasteiger partial charge on any atom is -0.393 e. The maximum absolute atomic E-state index is 10.3. The fourth-order valence-electron chi connectivity index (χ4n) is 3.07. The van der Waals surface area contributed by atoms with Gasteiger partial charge in [0.2, 0.25) is 5.95 Å². The number of aromatic nitrogens is 4. The molecule has 2 aromatic heterocycles. The van der Waals surface area contributed by atoms with Crippen LogP contribution in [0, 0.1) is 12.8 Å². The molecule has 124 valence electrons. The number of pyridine rings is 1. The van der Waals surface area contributed by atoms with Crippen molar-refractivity contribution in [3.8, 4) is 0 Å². The van der Waals surface area contributed by atoms with Gasteiger partial charge in [-0.25, -0.2) is 4.98 Å². The molecule has 0 aromatic carbocycles. The quantitative estimate of drug-likeness (QED) is 0.775. The number of aliphatic hydroxyl groups is 1. The highest BCUT2D eigenvalue weighted by Crippen LogP contribution is 2.37. The monoisotopic (exact) mass is 316 g/mol.